The van der Waals surface area contributed by atoms with Crippen molar-refractivity contribution in [2.75, 3.05) is 6.54 Å². The van der Waals surface area contributed by atoms with E-state index in [1.807, 2.05) is 0 Å². The minimum Gasteiger partial charge on any atom is -0.317 e. The summed E-state index contributed by atoms with van der Waals surface area (Å²) in [5.74, 6) is 0. The van der Waals surface area contributed by atoms with E-state index in [4.69, 9.17) is 6.57 Å². The summed E-state index contributed by atoms with van der Waals surface area (Å²) < 4.78 is 33.8. The van der Waals surface area contributed by atoms with Crippen LogP contribution in [0.1, 0.15) is 12.8 Å². The highest BCUT2D eigenvalue weighted by Gasteiger charge is 2.26. The van der Waals surface area contributed by atoms with Gasteiger partial charge in [0.05, 0.1) is 6.42 Å². The van der Waals surface area contributed by atoms with E-state index < -0.39 is 12.6 Å². The van der Waals surface area contributed by atoms with Gasteiger partial charge in [0.15, 0.2) is 0 Å². The lowest BCUT2D eigenvalue weighted by molar-refractivity contribution is -0.134. The van der Waals surface area contributed by atoms with Crippen molar-refractivity contribution in [2.24, 2.45) is 0 Å². The van der Waals surface area contributed by atoms with Crippen LogP contribution < -0.4 is 0 Å². The molecule has 0 rings (SSSR count). The Hall–Kier alpha value is -0.720. The van der Waals surface area contributed by atoms with Crippen molar-refractivity contribution in [1.29, 1.82) is 0 Å². The molecule has 52 valence electrons. The van der Waals surface area contributed by atoms with Crippen molar-refractivity contribution in [1.82, 2.24) is 0 Å². The van der Waals surface area contributed by atoms with E-state index >= 15 is 0 Å². The van der Waals surface area contributed by atoms with Gasteiger partial charge in [0.2, 0.25) is 6.54 Å². The van der Waals surface area contributed by atoms with Gasteiger partial charge in [-0.25, -0.2) is 6.57 Å². The topological polar surface area (TPSA) is 4.36 Å². The van der Waals surface area contributed by atoms with Crippen LogP contribution >= 0.6 is 0 Å². The fourth-order valence-electron chi connectivity index (χ4n) is 0.359. The molecule has 0 aliphatic rings. The van der Waals surface area contributed by atoms with E-state index in [1.54, 1.807) is 0 Å². The highest BCUT2D eigenvalue weighted by Crippen LogP contribution is 2.20. The van der Waals surface area contributed by atoms with E-state index in [-0.39, 0.29) is 13.0 Å². The van der Waals surface area contributed by atoms with E-state index in [0.717, 1.165) is 0 Å². The van der Waals surface area contributed by atoms with E-state index in [2.05, 4.69) is 4.85 Å². The van der Waals surface area contributed by atoms with Crippen molar-refractivity contribution in [2.45, 2.75) is 19.0 Å². The Morgan fingerprint density at radius 3 is 2.22 bits per heavy atom. The van der Waals surface area contributed by atoms with Crippen LogP contribution in [0.25, 0.3) is 4.85 Å². The van der Waals surface area contributed by atoms with Gasteiger partial charge in [-0.3, -0.25) is 0 Å². The number of rotatable bonds is 2. The summed E-state index contributed by atoms with van der Waals surface area (Å²) in [5, 5.41) is 0. The third-order valence-electron chi connectivity index (χ3n) is 0.730. The van der Waals surface area contributed by atoms with Gasteiger partial charge >= 0.3 is 6.18 Å². The van der Waals surface area contributed by atoms with Gasteiger partial charge in [0.25, 0.3) is 0 Å². The molecule has 0 aromatic carbocycles. The zero-order chi connectivity index (χ0) is 7.33. The minimum absolute atomic E-state index is 0.0283. The van der Waals surface area contributed by atoms with Crippen molar-refractivity contribution < 1.29 is 13.2 Å². The van der Waals surface area contributed by atoms with Crippen LogP contribution in [-0.4, -0.2) is 12.7 Å². The van der Waals surface area contributed by atoms with E-state index in [9.17, 15) is 13.2 Å². The minimum atomic E-state index is -4.09. The molecule has 0 radical (unpaired) electrons. The second-order valence-corrected chi connectivity index (χ2v) is 1.60. The van der Waals surface area contributed by atoms with Crippen molar-refractivity contribution in [3.05, 3.63) is 11.4 Å². The Morgan fingerprint density at radius 2 is 1.89 bits per heavy atom. The van der Waals surface area contributed by atoms with Crippen LogP contribution in [0, 0.1) is 6.57 Å². The summed E-state index contributed by atoms with van der Waals surface area (Å²) in [5.41, 5.74) is 0. The number of nitrogens with zero attached hydrogens (tertiary/aromatic N) is 1. The molecule has 9 heavy (non-hydrogen) atoms. The molecule has 0 saturated carbocycles. The SMILES string of the molecule is [C-]#[N+]CCCC(F)(F)F. The van der Waals surface area contributed by atoms with Gasteiger partial charge in [-0.15, -0.1) is 0 Å². The lowest BCUT2D eigenvalue weighted by Gasteiger charge is -2.00. The monoisotopic (exact) mass is 137 g/mol. The summed E-state index contributed by atoms with van der Waals surface area (Å²) in [6.45, 7) is 6.14. The van der Waals surface area contributed by atoms with Gasteiger partial charge in [-0.05, 0) is 0 Å². The number of alkyl halides is 3. The lowest BCUT2D eigenvalue weighted by Crippen LogP contribution is -2.06. The predicted molar refractivity (Wildman–Crippen MR) is 26.8 cm³/mol. The molecule has 0 N–H and O–H groups in total. The third-order valence-corrected chi connectivity index (χ3v) is 0.730. The summed E-state index contributed by atoms with van der Waals surface area (Å²) in [6.07, 6.45) is -5.01. The number of hydrogen-bond acceptors (Lipinski definition) is 0. The first-order valence-corrected chi connectivity index (χ1v) is 2.46. The molecule has 0 spiro atoms. The van der Waals surface area contributed by atoms with Gasteiger partial charge in [0.1, 0.15) is 0 Å². The normalized spacial score (nSPS) is 10.9. The van der Waals surface area contributed by atoms with Crippen molar-refractivity contribution >= 4 is 0 Å². The van der Waals surface area contributed by atoms with Crippen LogP contribution in [0.2, 0.25) is 0 Å². The molecule has 0 heterocycles. The third kappa shape index (κ3) is 7.28. The van der Waals surface area contributed by atoms with Crippen LogP contribution in [0.15, 0.2) is 0 Å². The molecule has 4 heteroatoms. The molecule has 0 aliphatic carbocycles. The van der Waals surface area contributed by atoms with Gasteiger partial charge in [-0.2, -0.15) is 13.2 Å². The molecule has 0 fully saturated rings. The second kappa shape index (κ2) is 3.33. The maximum Gasteiger partial charge on any atom is 0.389 e. The largest absolute Gasteiger partial charge is 0.389 e. The Kier molecular flexibility index (Phi) is 3.07. The molecule has 0 saturated heterocycles. The van der Waals surface area contributed by atoms with Crippen LogP contribution in [0.5, 0.6) is 0 Å². The maximum atomic E-state index is 11.3. The molecule has 0 unspecified atom stereocenters. The number of hydrogen-bond donors (Lipinski definition) is 0. The first-order chi connectivity index (χ1) is 4.06. The molecule has 1 nitrogen and oxygen atoms in total. The first kappa shape index (κ1) is 8.28. The fraction of sp³-hybridized carbons (Fsp3) is 0.800. The molecule has 0 bridgehead atoms. The summed E-state index contributed by atoms with van der Waals surface area (Å²) in [6, 6.07) is 0. The quantitative estimate of drug-likeness (QED) is 0.406. The van der Waals surface area contributed by atoms with Gasteiger partial charge < -0.3 is 4.85 Å². The van der Waals surface area contributed by atoms with Crippen LogP contribution in [0.4, 0.5) is 13.2 Å². The van der Waals surface area contributed by atoms with E-state index in [0.29, 0.717) is 0 Å². The molecular formula is C5H6F3N. The average molecular weight is 137 g/mol. The van der Waals surface area contributed by atoms with Crippen molar-refractivity contribution in [3.63, 3.8) is 0 Å². The summed E-state index contributed by atoms with van der Waals surface area (Å²) in [7, 11) is 0. The van der Waals surface area contributed by atoms with Gasteiger partial charge in [0, 0.05) is 6.42 Å². The second-order valence-electron chi connectivity index (χ2n) is 1.60. The smallest absolute Gasteiger partial charge is 0.317 e. The lowest BCUT2D eigenvalue weighted by atomic mass is 10.3. The Balaban J connectivity index is 3.20. The van der Waals surface area contributed by atoms with Crippen molar-refractivity contribution in [3.8, 4) is 0 Å². The molecule has 0 aliphatic heterocycles. The Labute approximate surface area is 51.3 Å². The van der Waals surface area contributed by atoms with Crippen LogP contribution in [0.3, 0.4) is 0 Å². The molecule has 0 aromatic heterocycles. The molecule has 0 atom stereocenters. The highest BCUT2D eigenvalue weighted by atomic mass is 19.4. The number of halogens is 3. The maximum absolute atomic E-state index is 11.3. The van der Waals surface area contributed by atoms with E-state index in [1.165, 1.54) is 0 Å². The Morgan fingerprint density at radius 1 is 1.33 bits per heavy atom. The predicted octanol–water partition coefficient (Wildman–Crippen LogP) is 2.25. The molecule has 0 aromatic rings. The summed E-state index contributed by atoms with van der Waals surface area (Å²) >= 11 is 0. The Bertz CT molecular complexity index is 110. The zero-order valence-corrected chi connectivity index (χ0v) is 4.70. The van der Waals surface area contributed by atoms with Gasteiger partial charge in [-0.1, -0.05) is 0 Å². The molecule has 0 amide bonds. The molecular weight excluding hydrogens is 131 g/mol. The average Bonchev–Trinajstić information content (AvgIpc) is 1.63. The van der Waals surface area contributed by atoms with Crippen LogP contribution in [-0.2, 0) is 0 Å². The summed E-state index contributed by atoms with van der Waals surface area (Å²) in [4.78, 5) is 2.79. The highest BCUT2D eigenvalue weighted by molar-refractivity contribution is 4.60. The fourth-order valence-corrected chi connectivity index (χ4v) is 0.359. The first-order valence-electron chi connectivity index (χ1n) is 2.46. The standard InChI is InChI=1S/C5H6F3N/c1-9-4-2-3-5(6,7)8/h2-4H2. The zero-order valence-electron chi connectivity index (χ0n) is 4.70.